The maximum absolute atomic E-state index is 11.6. The number of halogens is 1. The van der Waals surface area contributed by atoms with Gasteiger partial charge in [0.05, 0.1) is 13.0 Å². The number of carbonyl (C=O) groups excluding carboxylic acids is 1. The van der Waals surface area contributed by atoms with E-state index in [1.807, 2.05) is 75.4 Å². The molecule has 0 aliphatic heterocycles. The topological polar surface area (TPSA) is 85.9 Å². The van der Waals surface area contributed by atoms with E-state index in [1.54, 1.807) is 0 Å². The van der Waals surface area contributed by atoms with E-state index in [2.05, 4.69) is 10.3 Å². The average molecular weight is 483 g/mol. The van der Waals surface area contributed by atoms with Crippen molar-refractivity contribution < 1.29 is 14.3 Å². The number of para-hydroxylation sites is 1. The van der Waals surface area contributed by atoms with Crippen molar-refractivity contribution in [2.45, 2.75) is 32.8 Å². The van der Waals surface area contributed by atoms with Crippen LogP contribution in [0.1, 0.15) is 27.2 Å². The fraction of sp³-hybridized carbons (Fsp3) is 0.300. The monoisotopic (exact) mass is 483 g/mol. The third-order valence-corrected chi connectivity index (χ3v) is 3.10. The number of aliphatic imine (C=N–C) groups is 1. The quantitative estimate of drug-likeness (QED) is 0.273. The van der Waals surface area contributed by atoms with Gasteiger partial charge in [0.1, 0.15) is 17.1 Å². The number of benzene rings is 2. The highest BCUT2D eigenvalue weighted by Gasteiger charge is 2.15. The van der Waals surface area contributed by atoms with E-state index in [9.17, 15) is 4.79 Å². The minimum absolute atomic E-state index is 0. The zero-order valence-electron chi connectivity index (χ0n) is 15.8. The standard InChI is InChI=1S/C20H25N3O3.HI/c1-20(2,3)26-18(24)12-13-22-19(21)23-15-8-7-11-17(14-15)25-16-9-5-4-6-10-16;/h4-11,14H,12-13H2,1-3H3,(H3,21,22,23);1H. The van der Waals surface area contributed by atoms with Crippen molar-refractivity contribution in [2.75, 3.05) is 11.9 Å². The molecule has 0 atom stereocenters. The second kappa shape index (κ2) is 10.8. The summed E-state index contributed by atoms with van der Waals surface area (Å²) >= 11 is 0. The first-order valence-electron chi connectivity index (χ1n) is 8.43. The van der Waals surface area contributed by atoms with Crippen molar-refractivity contribution in [3.05, 3.63) is 54.6 Å². The SMILES string of the molecule is CC(C)(C)OC(=O)CCN=C(N)Nc1cccc(Oc2ccccc2)c1.I. The molecule has 0 radical (unpaired) electrons. The van der Waals surface area contributed by atoms with Gasteiger partial charge in [0.25, 0.3) is 0 Å². The number of ether oxygens (including phenoxy) is 2. The van der Waals surface area contributed by atoms with E-state index >= 15 is 0 Å². The van der Waals surface area contributed by atoms with Crippen LogP contribution in [0.4, 0.5) is 5.69 Å². The molecule has 0 aromatic heterocycles. The van der Waals surface area contributed by atoms with Gasteiger partial charge in [0.15, 0.2) is 5.96 Å². The first-order chi connectivity index (χ1) is 12.3. The molecule has 0 saturated carbocycles. The van der Waals surface area contributed by atoms with Crippen molar-refractivity contribution in [2.24, 2.45) is 10.7 Å². The summed E-state index contributed by atoms with van der Waals surface area (Å²) in [6.07, 6.45) is 0.177. The first-order valence-corrected chi connectivity index (χ1v) is 8.43. The van der Waals surface area contributed by atoms with Crippen LogP contribution in [0.5, 0.6) is 11.5 Å². The number of nitrogens with zero attached hydrogens (tertiary/aromatic N) is 1. The lowest BCUT2D eigenvalue weighted by Crippen LogP contribution is -2.25. The summed E-state index contributed by atoms with van der Waals surface area (Å²) in [6, 6.07) is 16.9. The van der Waals surface area contributed by atoms with E-state index in [1.165, 1.54) is 0 Å². The van der Waals surface area contributed by atoms with Crippen LogP contribution in [-0.4, -0.2) is 24.1 Å². The highest BCUT2D eigenvalue weighted by molar-refractivity contribution is 14.0. The van der Waals surface area contributed by atoms with Crippen LogP contribution < -0.4 is 15.8 Å². The van der Waals surface area contributed by atoms with Crippen LogP contribution in [0.3, 0.4) is 0 Å². The van der Waals surface area contributed by atoms with Gasteiger partial charge in [-0.25, -0.2) is 0 Å². The van der Waals surface area contributed by atoms with Gasteiger partial charge in [-0.15, -0.1) is 24.0 Å². The Balaban J connectivity index is 0.00000364. The molecule has 0 aliphatic carbocycles. The minimum Gasteiger partial charge on any atom is -0.460 e. The van der Waals surface area contributed by atoms with E-state index < -0.39 is 5.60 Å². The van der Waals surface area contributed by atoms with Crippen LogP contribution in [0.15, 0.2) is 59.6 Å². The van der Waals surface area contributed by atoms with Crippen molar-refractivity contribution in [3.8, 4) is 11.5 Å². The number of nitrogens with one attached hydrogen (secondary N) is 1. The molecule has 2 aromatic rings. The van der Waals surface area contributed by atoms with Gasteiger partial charge >= 0.3 is 5.97 Å². The second-order valence-electron chi connectivity index (χ2n) is 6.67. The number of rotatable bonds is 6. The molecule has 6 nitrogen and oxygen atoms in total. The van der Waals surface area contributed by atoms with Gasteiger partial charge in [-0.05, 0) is 45.0 Å². The molecule has 0 amide bonds. The summed E-state index contributed by atoms with van der Waals surface area (Å²) in [5.74, 6) is 1.36. The number of nitrogens with two attached hydrogens (primary N) is 1. The zero-order chi connectivity index (χ0) is 19.0. The summed E-state index contributed by atoms with van der Waals surface area (Å²) in [4.78, 5) is 15.8. The van der Waals surface area contributed by atoms with Gasteiger partial charge in [0.2, 0.25) is 0 Å². The van der Waals surface area contributed by atoms with Gasteiger partial charge in [-0.2, -0.15) is 0 Å². The van der Waals surface area contributed by atoms with Crippen LogP contribution in [-0.2, 0) is 9.53 Å². The number of esters is 1. The minimum atomic E-state index is -0.496. The van der Waals surface area contributed by atoms with E-state index in [0.29, 0.717) is 5.75 Å². The van der Waals surface area contributed by atoms with Crippen molar-refractivity contribution >= 4 is 41.6 Å². The van der Waals surface area contributed by atoms with Crippen molar-refractivity contribution in [1.82, 2.24) is 0 Å². The van der Waals surface area contributed by atoms with Gasteiger partial charge in [0, 0.05) is 11.8 Å². The number of hydrogen-bond donors (Lipinski definition) is 2. The summed E-state index contributed by atoms with van der Waals surface area (Å²) in [6.45, 7) is 5.74. The second-order valence-corrected chi connectivity index (χ2v) is 6.67. The largest absolute Gasteiger partial charge is 0.460 e. The molecular formula is C20H26IN3O3. The van der Waals surface area contributed by atoms with Crippen LogP contribution >= 0.6 is 24.0 Å². The molecule has 2 rings (SSSR count). The molecule has 7 heteroatoms. The summed E-state index contributed by atoms with van der Waals surface area (Å²) in [7, 11) is 0. The van der Waals surface area contributed by atoms with E-state index in [4.69, 9.17) is 15.2 Å². The molecule has 0 fully saturated rings. The highest BCUT2D eigenvalue weighted by atomic mass is 127. The molecule has 0 spiro atoms. The Morgan fingerprint density at radius 1 is 1.07 bits per heavy atom. The molecule has 27 heavy (non-hydrogen) atoms. The molecule has 3 N–H and O–H groups in total. The summed E-state index contributed by atoms with van der Waals surface area (Å²) in [5.41, 5.74) is 6.12. The van der Waals surface area contributed by atoms with E-state index in [-0.39, 0.29) is 48.9 Å². The van der Waals surface area contributed by atoms with Gasteiger partial charge < -0.3 is 20.5 Å². The molecule has 0 saturated heterocycles. The maximum atomic E-state index is 11.6. The first kappa shape index (κ1) is 22.8. The lowest BCUT2D eigenvalue weighted by Gasteiger charge is -2.19. The fourth-order valence-electron chi connectivity index (χ4n) is 2.11. The summed E-state index contributed by atoms with van der Waals surface area (Å²) in [5, 5.41) is 2.99. The fourth-order valence-corrected chi connectivity index (χ4v) is 2.11. The average Bonchev–Trinajstić information content (AvgIpc) is 2.54. The molecule has 146 valence electrons. The van der Waals surface area contributed by atoms with Gasteiger partial charge in [-0.1, -0.05) is 24.3 Å². The lowest BCUT2D eigenvalue weighted by molar-refractivity contribution is -0.154. The Morgan fingerprint density at radius 3 is 2.41 bits per heavy atom. The Kier molecular flexibility index (Phi) is 9.07. The number of anilines is 1. The zero-order valence-corrected chi connectivity index (χ0v) is 18.1. The molecule has 0 heterocycles. The molecule has 0 unspecified atom stereocenters. The van der Waals surface area contributed by atoms with Gasteiger partial charge in [-0.3, -0.25) is 9.79 Å². The maximum Gasteiger partial charge on any atom is 0.308 e. The smallest absolute Gasteiger partial charge is 0.308 e. The normalized spacial score (nSPS) is 11.3. The Morgan fingerprint density at radius 2 is 1.74 bits per heavy atom. The molecular weight excluding hydrogens is 457 g/mol. The Labute approximate surface area is 177 Å². The Bertz CT molecular complexity index is 759. The van der Waals surface area contributed by atoms with Crippen LogP contribution in [0.2, 0.25) is 0 Å². The summed E-state index contributed by atoms with van der Waals surface area (Å²) < 4.78 is 11.0. The van der Waals surface area contributed by atoms with Crippen molar-refractivity contribution in [1.29, 1.82) is 0 Å². The molecule has 0 aliphatic rings. The predicted molar refractivity (Wildman–Crippen MR) is 119 cm³/mol. The lowest BCUT2D eigenvalue weighted by atomic mass is 10.2. The van der Waals surface area contributed by atoms with Crippen molar-refractivity contribution in [3.63, 3.8) is 0 Å². The van der Waals surface area contributed by atoms with E-state index in [0.717, 1.165) is 11.4 Å². The van der Waals surface area contributed by atoms with Crippen LogP contribution in [0.25, 0.3) is 0 Å². The molecule has 2 aromatic carbocycles. The third-order valence-electron chi connectivity index (χ3n) is 3.10. The number of hydrogen-bond acceptors (Lipinski definition) is 4. The third kappa shape index (κ3) is 9.28. The Hall–Kier alpha value is -2.29. The van der Waals surface area contributed by atoms with Crippen LogP contribution in [0, 0.1) is 0 Å². The number of guanidine groups is 1. The predicted octanol–water partition coefficient (Wildman–Crippen LogP) is 4.56. The highest BCUT2D eigenvalue weighted by Crippen LogP contribution is 2.23. The number of carbonyl (C=O) groups is 1. The molecule has 0 bridgehead atoms.